The van der Waals surface area contributed by atoms with Crippen LogP contribution in [-0.2, 0) is 6.42 Å². The lowest BCUT2D eigenvalue weighted by Gasteiger charge is -2.31. The lowest BCUT2D eigenvalue weighted by atomic mass is 9.99. The van der Waals surface area contributed by atoms with Crippen LogP contribution in [0.2, 0.25) is 0 Å². The monoisotopic (exact) mass is 434 g/mol. The SMILES string of the molecule is C[N+](C)(CCOc1cccc2c1Cc1ccccc1-2)CC1=CCC(=Cc2ccccc2)C=C1. The van der Waals surface area contributed by atoms with Crippen molar-refractivity contribution in [3.05, 3.63) is 119 Å². The molecule has 0 radical (unpaired) electrons. The Hall–Kier alpha value is -3.36. The number of allylic oxidation sites excluding steroid dienone is 3. The maximum absolute atomic E-state index is 6.33. The molecule has 0 amide bonds. The quantitative estimate of drug-likeness (QED) is 0.295. The Balaban J connectivity index is 1.16. The van der Waals surface area contributed by atoms with Crippen LogP contribution >= 0.6 is 0 Å². The van der Waals surface area contributed by atoms with E-state index < -0.39 is 0 Å². The normalized spacial score (nSPS) is 15.8. The van der Waals surface area contributed by atoms with Crippen LogP contribution in [0.1, 0.15) is 23.1 Å². The number of fused-ring (bicyclic) bond motifs is 3. The number of hydrogen-bond acceptors (Lipinski definition) is 1. The van der Waals surface area contributed by atoms with Crippen molar-refractivity contribution >= 4 is 6.08 Å². The summed E-state index contributed by atoms with van der Waals surface area (Å²) in [5.74, 6) is 1.04. The van der Waals surface area contributed by atoms with Crippen LogP contribution in [-0.4, -0.2) is 38.3 Å². The summed E-state index contributed by atoms with van der Waals surface area (Å²) in [4.78, 5) is 0. The molecule has 2 nitrogen and oxygen atoms in total. The number of hydrogen-bond donors (Lipinski definition) is 0. The van der Waals surface area contributed by atoms with Crippen LogP contribution in [0.4, 0.5) is 0 Å². The Labute approximate surface area is 197 Å². The van der Waals surface area contributed by atoms with Crippen LogP contribution in [0.3, 0.4) is 0 Å². The van der Waals surface area contributed by atoms with Gasteiger partial charge in [-0.25, -0.2) is 0 Å². The minimum absolute atomic E-state index is 0.718. The summed E-state index contributed by atoms with van der Waals surface area (Å²) >= 11 is 0. The number of ether oxygens (including phenoxy) is 1. The van der Waals surface area contributed by atoms with Crippen molar-refractivity contribution in [3.63, 3.8) is 0 Å². The molecule has 2 aliphatic rings. The van der Waals surface area contributed by atoms with E-state index in [1.54, 1.807) is 0 Å². The number of nitrogens with zero attached hydrogens (tertiary/aromatic N) is 1. The minimum Gasteiger partial charge on any atom is -0.487 e. The third-order valence-corrected chi connectivity index (χ3v) is 6.64. The van der Waals surface area contributed by atoms with Gasteiger partial charge in [0.2, 0.25) is 0 Å². The molecule has 0 fully saturated rings. The molecule has 2 heteroatoms. The van der Waals surface area contributed by atoms with Gasteiger partial charge < -0.3 is 9.22 Å². The topological polar surface area (TPSA) is 9.23 Å². The van der Waals surface area contributed by atoms with Gasteiger partial charge in [-0.15, -0.1) is 0 Å². The summed E-state index contributed by atoms with van der Waals surface area (Å²) in [6.45, 7) is 2.70. The molecule has 0 aromatic heterocycles. The van der Waals surface area contributed by atoms with Gasteiger partial charge in [-0.1, -0.05) is 91.0 Å². The van der Waals surface area contributed by atoms with E-state index in [0.29, 0.717) is 0 Å². The third kappa shape index (κ3) is 5.02. The minimum atomic E-state index is 0.718. The highest BCUT2D eigenvalue weighted by atomic mass is 16.5. The van der Waals surface area contributed by atoms with Gasteiger partial charge in [0.15, 0.2) is 0 Å². The van der Waals surface area contributed by atoms with Crippen molar-refractivity contribution in [2.45, 2.75) is 12.8 Å². The van der Waals surface area contributed by atoms with Gasteiger partial charge in [-0.05, 0) is 40.3 Å². The van der Waals surface area contributed by atoms with E-state index in [-0.39, 0.29) is 0 Å². The highest BCUT2D eigenvalue weighted by Gasteiger charge is 2.22. The summed E-state index contributed by atoms with van der Waals surface area (Å²) in [5.41, 5.74) is 9.44. The second-order valence-electron chi connectivity index (χ2n) is 9.73. The molecule has 0 heterocycles. The van der Waals surface area contributed by atoms with E-state index in [1.807, 2.05) is 0 Å². The van der Waals surface area contributed by atoms with Gasteiger partial charge in [-0.3, -0.25) is 0 Å². The Kier molecular flexibility index (Phi) is 6.02. The van der Waals surface area contributed by atoms with Crippen molar-refractivity contribution in [2.24, 2.45) is 0 Å². The highest BCUT2D eigenvalue weighted by Crippen LogP contribution is 2.40. The van der Waals surface area contributed by atoms with Gasteiger partial charge in [0, 0.05) is 17.6 Å². The summed E-state index contributed by atoms with van der Waals surface area (Å²) in [6, 6.07) is 25.7. The Morgan fingerprint density at radius 2 is 1.64 bits per heavy atom. The average Bonchev–Trinajstić information content (AvgIpc) is 3.20. The fourth-order valence-corrected chi connectivity index (χ4v) is 4.83. The van der Waals surface area contributed by atoms with E-state index in [2.05, 4.69) is 111 Å². The lowest BCUT2D eigenvalue weighted by Crippen LogP contribution is -2.44. The molecule has 0 aliphatic heterocycles. The highest BCUT2D eigenvalue weighted by molar-refractivity contribution is 5.78. The predicted octanol–water partition coefficient (Wildman–Crippen LogP) is 6.68. The van der Waals surface area contributed by atoms with Crippen LogP contribution < -0.4 is 4.74 Å². The maximum Gasteiger partial charge on any atom is 0.137 e. The average molecular weight is 435 g/mol. The third-order valence-electron chi connectivity index (χ3n) is 6.64. The number of likely N-dealkylation sites (N-methyl/N-ethyl adjacent to an activating group) is 1. The molecule has 5 rings (SSSR count). The predicted molar refractivity (Wildman–Crippen MR) is 138 cm³/mol. The number of benzene rings is 3. The molecule has 3 aromatic rings. The molecule has 0 atom stereocenters. The molecular formula is C31H32NO+. The Bertz CT molecular complexity index is 1230. The summed E-state index contributed by atoms with van der Waals surface area (Å²) in [6.07, 6.45) is 11.2. The first-order valence-electron chi connectivity index (χ1n) is 11.9. The standard InChI is InChI=1S/C31H32NO/c1-32(2,23-26-17-15-25(16-18-26)21-24-9-4-3-5-10-24)19-20-33-31-14-8-13-29-28-12-7-6-11-27(28)22-30(29)31/h3-15,17-18,21H,16,19-20,22-23H2,1-2H3/q+1. The van der Waals surface area contributed by atoms with Crippen molar-refractivity contribution in [2.75, 3.05) is 33.8 Å². The lowest BCUT2D eigenvalue weighted by molar-refractivity contribution is -0.885. The first kappa shape index (κ1) is 21.5. The van der Waals surface area contributed by atoms with Crippen LogP contribution in [0.5, 0.6) is 5.75 Å². The van der Waals surface area contributed by atoms with Gasteiger partial charge in [0.1, 0.15) is 25.4 Å². The summed E-state index contributed by atoms with van der Waals surface area (Å²) in [5, 5.41) is 0. The van der Waals surface area contributed by atoms with Crippen LogP contribution in [0, 0.1) is 0 Å². The van der Waals surface area contributed by atoms with Crippen LogP contribution in [0.25, 0.3) is 17.2 Å². The Morgan fingerprint density at radius 1 is 0.848 bits per heavy atom. The fraction of sp³-hybridized carbons (Fsp3) is 0.226. The van der Waals surface area contributed by atoms with E-state index in [4.69, 9.17) is 4.74 Å². The van der Waals surface area contributed by atoms with Crippen molar-refractivity contribution in [1.29, 1.82) is 0 Å². The number of quaternary nitrogens is 1. The molecule has 0 unspecified atom stereocenters. The van der Waals surface area contributed by atoms with Gasteiger partial charge in [0.25, 0.3) is 0 Å². The first-order chi connectivity index (χ1) is 16.1. The van der Waals surface area contributed by atoms with Crippen molar-refractivity contribution in [3.8, 4) is 16.9 Å². The van der Waals surface area contributed by atoms with E-state index in [9.17, 15) is 0 Å². The second kappa shape index (κ2) is 9.25. The molecule has 0 bridgehead atoms. The zero-order chi connectivity index (χ0) is 22.7. The second-order valence-corrected chi connectivity index (χ2v) is 9.73. The molecular weight excluding hydrogens is 402 g/mol. The summed E-state index contributed by atoms with van der Waals surface area (Å²) < 4.78 is 7.23. The fourth-order valence-electron chi connectivity index (χ4n) is 4.83. The summed E-state index contributed by atoms with van der Waals surface area (Å²) in [7, 11) is 4.58. The molecule has 33 heavy (non-hydrogen) atoms. The van der Waals surface area contributed by atoms with E-state index >= 15 is 0 Å². The molecule has 2 aliphatic carbocycles. The van der Waals surface area contributed by atoms with Crippen molar-refractivity contribution < 1.29 is 9.22 Å². The van der Waals surface area contributed by atoms with Crippen molar-refractivity contribution in [1.82, 2.24) is 0 Å². The largest absolute Gasteiger partial charge is 0.487 e. The zero-order valence-electron chi connectivity index (χ0n) is 19.6. The molecule has 166 valence electrons. The van der Waals surface area contributed by atoms with Gasteiger partial charge >= 0.3 is 0 Å². The van der Waals surface area contributed by atoms with E-state index in [0.717, 1.165) is 42.8 Å². The molecule has 0 N–H and O–H groups in total. The van der Waals surface area contributed by atoms with Gasteiger partial charge in [-0.2, -0.15) is 0 Å². The van der Waals surface area contributed by atoms with E-state index in [1.165, 1.54) is 39.0 Å². The molecule has 0 saturated carbocycles. The molecule has 0 saturated heterocycles. The maximum atomic E-state index is 6.33. The zero-order valence-corrected chi connectivity index (χ0v) is 19.6. The first-order valence-corrected chi connectivity index (χ1v) is 11.9. The number of rotatable bonds is 7. The molecule has 0 spiro atoms. The van der Waals surface area contributed by atoms with Gasteiger partial charge in [0.05, 0.1) is 14.1 Å². The smallest absolute Gasteiger partial charge is 0.137 e. The Morgan fingerprint density at radius 3 is 2.45 bits per heavy atom. The van der Waals surface area contributed by atoms with Crippen LogP contribution in [0.15, 0.2) is 102 Å². The molecule has 3 aromatic carbocycles.